The van der Waals surface area contributed by atoms with Gasteiger partial charge in [-0.1, -0.05) is 12.1 Å². The molecule has 0 aromatic heterocycles. The maximum atomic E-state index is 8.49. The second-order valence-electron chi connectivity index (χ2n) is 2.34. The monoisotopic (exact) mass is 152 g/mol. The van der Waals surface area contributed by atoms with Crippen LogP contribution in [0.2, 0.25) is 0 Å². The van der Waals surface area contributed by atoms with Crippen LogP contribution >= 0.6 is 0 Å². The Bertz CT molecular complexity index is 208. The zero-order chi connectivity index (χ0) is 8.10. The van der Waals surface area contributed by atoms with Crippen molar-refractivity contribution in [1.82, 2.24) is 5.32 Å². The molecule has 0 unspecified atom stereocenters. The number of benzene rings is 1. The smallest absolute Gasteiger partial charge is 0.0602 e. The number of hydrogen-bond acceptors (Lipinski definition) is 3. The Kier molecular flexibility index (Phi) is 2.89. The van der Waals surface area contributed by atoms with E-state index in [1.807, 2.05) is 31.3 Å². The van der Waals surface area contributed by atoms with Gasteiger partial charge in [-0.05, 0) is 24.7 Å². The molecule has 0 fully saturated rings. The maximum absolute atomic E-state index is 8.49. The van der Waals surface area contributed by atoms with Crippen molar-refractivity contribution in [2.75, 3.05) is 12.5 Å². The fourth-order valence-corrected chi connectivity index (χ4v) is 0.901. The molecular formula is C8H12N2O. The van der Waals surface area contributed by atoms with Gasteiger partial charge in [0.2, 0.25) is 0 Å². The van der Waals surface area contributed by atoms with Gasteiger partial charge in [0.1, 0.15) is 0 Å². The van der Waals surface area contributed by atoms with E-state index in [0.29, 0.717) is 5.69 Å². The van der Waals surface area contributed by atoms with Gasteiger partial charge in [-0.2, -0.15) is 0 Å². The molecule has 3 N–H and O–H groups in total. The number of anilines is 1. The fraction of sp³-hybridized carbons (Fsp3) is 0.250. The highest BCUT2D eigenvalue weighted by Crippen LogP contribution is 2.07. The average Bonchev–Trinajstić information content (AvgIpc) is 2.07. The SMILES string of the molecule is CNCc1ccc(NO)cc1. The third-order valence-corrected chi connectivity index (χ3v) is 1.46. The van der Waals surface area contributed by atoms with Crippen molar-refractivity contribution in [3.63, 3.8) is 0 Å². The van der Waals surface area contributed by atoms with E-state index in [0.717, 1.165) is 6.54 Å². The van der Waals surface area contributed by atoms with Crippen molar-refractivity contribution in [3.8, 4) is 0 Å². The zero-order valence-electron chi connectivity index (χ0n) is 6.46. The molecule has 1 aromatic carbocycles. The summed E-state index contributed by atoms with van der Waals surface area (Å²) in [5, 5.41) is 11.5. The van der Waals surface area contributed by atoms with Crippen molar-refractivity contribution >= 4 is 5.69 Å². The maximum Gasteiger partial charge on any atom is 0.0602 e. The predicted molar refractivity (Wildman–Crippen MR) is 44.6 cm³/mol. The van der Waals surface area contributed by atoms with E-state index in [4.69, 9.17) is 5.21 Å². The van der Waals surface area contributed by atoms with Gasteiger partial charge in [0.05, 0.1) is 5.69 Å². The molecule has 0 heterocycles. The summed E-state index contributed by atoms with van der Waals surface area (Å²) in [6.45, 7) is 0.853. The molecule has 3 heteroatoms. The molecule has 0 bridgehead atoms. The standard InChI is InChI=1S/C8H12N2O/c1-9-6-7-2-4-8(10-11)5-3-7/h2-5,9-11H,6H2,1H3. The first kappa shape index (κ1) is 8.04. The minimum absolute atomic E-state index is 0.713. The highest BCUT2D eigenvalue weighted by atomic mass is 16.5. The van der Waals surface area contributed by atoms with Crippen LogP contribution in [0.5, 0.6) is 0 Å². The molecule has 0 atom stereocenters. The van der Waals surface area contributed by atoms with Crippen molar-refractivity contribution in [2.45, 2.75) is 6.54 Å². The Morgan fingerprint density at radius 1 is 1.27 bits per heavy atom. The van der Waals surface area contributed by atoms with Crippen LogP contribution in [0.1, 0.15) is 5.56 Å². The van der Waals surface area contributed by atoms with Gasteiger partial charge in [0.15, 0.2) is 0 Å². The lowest BCUT2D eigenvalue weighted by Gasteiger charge is -2.01. The third-order valence-electron chi connectivity index (χ3n) is 1.46. The molecular weight excluding hydrogens is 140 g/mol. The van der Waals surface area contributed by atoms with Gasteiger partial charge in [0.25, 0.3) is 0 Å². The lowest BCUT2D eigenvalue weighted by Crippen LogP contribution is -2.04. The van der Waals surface area contributed by atoms with Crippen LogP contribution in [0.25, 0.3) is 0 Å². The zero-order valence-corrected chi connectivity index (χ0v) is 6.46. The average molecular weight is 152 g/mol. The van der Waals surface area contributed by atoms with Crippen molar-refractivity contribution in [1.29, 1.82) is 0 Å². The molecule has 1 aromatic rings. The Morgan fingerprint density at radius 2 is 1.91 bits per heavy atom. The van der Waals surface area contributed by atoms with Crippen molar-refractivity contribution in [3.05, 3.63) is 29.8 Å². The van der Waals surface area contributed by atoms with Crippen LogP contribution in [0.15, 0.2) is 24.3 Å². The van der Waals surface area contributed by atoms with E-state index in [9.17, 15) is 0 Å². The summed E-state index contributed by atoms with van der Waals surface area (Å²) in [5.74, 6) is 0. The Balaban J connectivity index is 2.66. The van der Waals surface area contributed by atoms with Crippen LogP contribution < -0.4 is 10.8 Å². The lowest BCUT2D eigenvalue weighted by molar-refractivity contribution is 0.389. The third kappa shape index (κ3) is 2.22. The summed E-state index contributed by atoms with van der Waals surface area (Å²) < 4.78 is 0. The first-order valence-corrected chi connectivity index (χ1v) is 3.50. The van der Waals surface area contributed by atoms with Gasteiger partial charge in [-0.15, -0.1) is 0 Å². The molecule has 11 heavy (non-hydrogen) atoms. The Hall–Kier alpha value is -1.06. The van der Waals surface area contributed by atoms with Crippen molar-refractivity contribution < 1.29 is 5.21 Å². The van der Waals surface area contributed by atoms with E-state index < -0.39 is 0 Å². The second-order valence-corrected chi connectivity index (χ2v) is 2.34. The van der Waals surface area contributed by atoms with E-state index in [1.54, 1.807) is 0 Å². The van der Waals surface area contributed by atoms with E-state index >= 15 is 0 Å². The molecule has 60 valence electrons. The first-order valence-electron chi connectivity index (χ1n) is 3.50. The van der Waals surface area contributed by atoms with E-state index in [-0.39, 0.29) is 0 Å². The highest BCUT2D eigenvalue weighted by molar-refractivity contribution is 5.42. The lowest BCUT2D eigenvalue weighted by atomic mass is 10.2. The van der Waals surface area contributed by atoms with E-state index in [2.05, 4.69) is 10.8 Å². The van der Waals surface area contributed by atoms with Crippen LogP contribution in [0.4, 0.5) is 5.69 Å². The van der Waals surface area contributed by atoms with Crippen LogP contribution in [0, 0.1) is 0 Å². The highest BCUT2D eigenvalue weighted by Gasteiger charge is 1.90. The molecule has 0 aliphatic rings. The molecule has 0 saturated carbocycles. The quantitative estimate of drug-likeness (QED) is 0.570. The summed E-state index contributed by atoms with van der Waals surface area (Å²) >= 11 is 0. The molecule has 1 rings (SSSR count). The van der Waals surface area contributed by atoms with E-state index in [1.165, 1.54) is 5.56 Å². The number of nitrogens with one attached hydrogen (secondary N) is 2. The van der Waals surface area contributed by atoms with Gasteiger partial charge in [-0.3, -0.25) is 10.7 Å². The first-order chi connectivity index (χ1) is 5.36. The molecule has 0 aliphatic heterocycles. The normalized spacial score (nSPS) is 9.64. The van der Waals surface area contributed by atoms with Gasteiger partial charge < -0.3 is 5.32 Å². The van der Waals surface area contributed by atoms with Gasteiger partial charge in [-0.25, -0.2) is 0 Å². The fourth-order valence-electron chi connectivity index (χ4n) is 0.901. The Morgan fingerprint density at radius 3 is 2.36 bits per heavy atom. The van der Waals surface area contributed by atoms with Gasteiger partial charge in [0, 0.05) is 6.54 Å². The molecule has 0 aliphatic carbocycles. The van der Waals surface area contributed by atoms with Crippen LogP contribution in [-0.4, -0.2) is 12.3 Å². The molecule has 0 spiro atoms. The summed E-state index contributed by atoms with van der Waals surface area (Å²) in [5.41, 5.74) is 3.99. The number of hydrogen-bond donors (Lipinski definition) is 3. The van der Waals surface area contributed by atoms with Crippen LogP contribution in [-0.2, 0) is 6.54 Å². The summed E-state index contributed by atoms with van der Waals surface area (Å²) in [6, 6.07) is 7.56. The molecule has 3 nitrogen and oxygen atoms in total. The minimum atomic E-state index is 0.713. The number of rotatable bonds is 3. The minimum Gasteiger partial charge on any atom is -0.316 e. The predicted octanol–water partition coefficient (Wildman–Crippen LogP) is 1.21. The summed E-state index contributed by atoms with van der Waals surface area (Å²) in [4.78, 5) is 0. The molecule has 0 radical (unpaired) electrons. The topological polar surface area (TPSA) is 44.3 Å². The van der Waals surface area contributed by atoms with Gasteiger partial charge >= 0.3 is 0 Å². The summed E-state index contributed by atoms with van der Waals surface area (Å²) in [7, 11) is 1.90. The van der Waals surface area contributed by atoms with Crippen molar-refractivity contribution in [2.24, 2.45) is 0 Å². The molecule has 0 amide bonds. The summed E-state index contributed by atoms with van der Waals surface area (Å²) in [6.07, 6.45) is 0. The second kappa shape index (κ2) is 3.95. The largest absolute Gasteiger partial charge is 0.316 e. The molecule has 0 saturated heterocycles. The van der Waals surface area contributed by atoms with Crippen LogP contribution in [0.3, 0.4) is 0 Å². The Labute approximate surface area is 66.0 Å².